The number of carbonyl (C=O) groups excluding carboxylic acids is 1. The third-order valence-electron chi connectivity index (χ3n) is 3.06. The van der Waals surface area contributed by atoms with Crippen molar-refractivity contribution >= 4 is 6.09 Å². The van der Waals surface area contributed by atoms with E-state index in [-0.39, 0.29) is 12.0 Å². The second kappa shape index (κ2) is 3.77. The van der Waals surface area contributed by atoms with E-state index in [4.69, 9.17) is 4.74 Å². The number of ether oxygens (including phenoxy) is 1. The summed E-state index contributed by atoms with van der Waals surface area (Å²) in [5.41, 5.74) is -0.455. The molecule has 0 bridgehead atoms. The Morgan fingerprint density at radius 1 is 1.38 bits per heavy atom. The van der Waals surface area contributed by atoms with Gasteiger partial charge in [-0.1, -0.05) is 12.2 Å². The summed E-state index contributed by atoms with van der Waals surface area (Å²) in [6.07, 6.45) is 3.14. The minimum absolute atomic E-state index is 0.160. The van der Waals surface area contributed by atoms with Crippen LogP contribution in [0.3, 0.4) is 0 Å². The van der Waals surface area contributed by atoms with Crippen LogP contribution in [-0.2, 0) is 4.74 Å². The van der Waals surface area contributed by atoms with E-state index in [9.17, 15) is 9.90 Å². The monoisotopic (exact) mass is 225 g/mol. The molecule has 1 aliphatic heterocycles. The summed E-state index contributed by atoms with van der Waals surface area (Å²) in [6.45, 7) is 6.82. The maximum absolute atomic E-state index is 11.8. The van der Waals surface area contributed by atoms with E-state index in [0.717, 1.165) is 0 Å². The number of nitrogens with zero attached hydrogens (tertiary/aromatic N) is 1. The lowest BCUT2D eigenvalue weighted by molar-refractivity contribution is 0.0275. The van der Waals surface area contributed by atoms with Crippen molar-refractivity contribution in [1.29, 1.82) is 0 Å². The zero-order chi connectivity index (χ0) is 11.9. The molecule has 2 aliphatic rings. The fraction of sp³-hybridized carbons (Fsp3) is 0.750. The van der Waals surface area contributed by atoms with Crippen LogP contribution < -0.4 is 0 Å². The molecule has 0 aromatic heterocycles. The van der Waals surface area contributed by atoms with Crippen molar-refractivity contribution in [3.05, 3.63) is 12.2 Å². The number of aliphatic hydroxyl groups is 1. The highest BCUT2D eigenvalue weighted by Gasteiger charge is 2.41. The average Bonchev–Trinajstić information content (AvgIpc) is 2.65. The molecule has 0 radical (unpaired) electrons. The van der Waals surface area contributed by atoms with Gasteiger partial charge in [0.25, 0.3) is 0 Å². The molecule has 16 heavy (non-hydrogen) atoms. The first-order valence-electron chi connectivity index (χ1n) is 5.71. The molecular formula is C12H19NO3. The minimum Gasteiger partial charge on any atom is -0.444 e. The van der Waals surface area contributed by atoms with Crippen LogP contribution in [0.1, 0.15) is 20.8 Å². The standard InChI is InChI=1S/C12H19NO3/c1-12(2,3)16-11(15)13-6-8-4-5-10(14)9(8)7-13/h4-5,8-10,14H,6-7H2,1-3H3/t8-,9+,10+/m0/s1. The molecule has 1 fully saturated rings. The maximum atomic E-state index is 11.8. The minimum atomic E-state index is -0.455. The fourth-order valence-corrected chi connectivity index (χ4v) is 2.29. The molecule has 0 aromatic carbocycles. The second-order valence-corrected chi connectivity index (χ2v) is 5.59. The largest absolute Gasteiger partial charge is 0.444 e. The molecule has 0 spiro atoms. The van der Waals surface area contributed by atoms with Crippen molar-refractivity contribution in [1.82, 2.24) is 4.90 Å². The first-order valence-corrected chi connectivity index (χ1v) is 5.71. The number of hydrogen-bond acceptors (Lipinski definition) is 3. The van der Waals surface area contributed by atoms with Crippen molar-refractivity contribution < 1.29 is 14.6 Å². The predicted octanol–water partition coefficient (Wildman–Crippen LogP) is 1.40. The number of rotatable bonds is 0. The van der Waals surface area contributed by atoms with Crippen molar-refractivity contribution in [2.24, 2.45) is 11.8 Å². The Kier molecular flexibility index (Phi) is 2.70. The molecule has 1 N–H and O–H groups in total. The predicted molar refractivity (Wildman–Crippen MR) is 59.9 cm³/mol. The summed E-state index contributed by atoms with van der Waals surface area (Å²) in [7, 11) is 0. The van der Waals surface area contributed by atoms with E-state index in [1.807, 2.05) is 32.9 Å². The molecule has 90 valence electrons. The molecule has 2 rings (SSSR count). The number of fused-ring (bicyclic) bond motifs is 1. The smallest absolute Gasteiger partial charge is 0.410 e. The van der Waals surface area contributed by atoms with Crippen LogP contribution in [0.5, 0.6) is 0 Å². The Bertz CT molecular complexity index is 319. The van der Waals surface area contributed by atoms with Crippen LogP contribution in [-0.4, -0.2) is 40.9 Å². The van der Waals surface area contributed by atoms with Crippen molar-refractivity contribution in [2.45, 2.75) is 32.5 Å². The summed E-state index contributed by atoms with van der Waals surface area (Å²) in [5.74, 6) is 0.454. The van der Waals surface area contributed by atoms with E-state index < -0.39 is 11.7 Å². The lowest BCUT2D eigenvalue weighted by Crippen LogP contribution is -2.36. The lowest BCUT2D eigenvalue weighted by atomic mass is 9.98. The van der Waals surface area contributed by atoms with Gasteiger partial charge in [-0.05, 0) is 20.8 Å². The van der Waals surface area contributed by atoms with Gasteiger partial charge in [0.05, 0.1) is 6.10 Å². The third-order valence-corrected chi connectivity index (χ3v) is 3.06. The van der Waals surface area contributed by atoms with E-state index in [1.54, 1.807) is 4.90 Å². The van der Waals surface area contributed by atoms with Crippen LogP contribution in [0.25, 0.3) is 0 Å². The molecule has 1 aliphatic carbocycles. The van der Waals surface area contributed by atoms with Crippen LogP contribution >= 0.6 is 0 Å². The SMILES string of the molecule is CC(C)(C)OC(=O)N1C[C@H]2[C@H](O)C=C[C@H]2C1. The van der Waals surface area contributed by atoms with Gasteiger partial charge in [0.2, 0.25) is 0 Å². The summed E-state index contributed by atoms with van der Waals surface area (Å²) in [4.78, 5) is 13.5. The molecule has 4 nitrogen and oxygen atoms in total. The molecule has 0 aromatic rings. The fourth-order valence-electron chi connectivity index (χ4n) is 2.29. The van der Waals surface area contributed by atoms with Gasteiger partial charge in [0.1, 0.15) is 5.60 Å². The Labute approximate surface area is 95.9 Å². The topological polar surface area (TPSA) is 49.8 Å². The molecule has 0 saturated carbocycles. The Morgan fingerprint density at radius 3 is 2.62 bits per heavy atom. The van der Waals surface area contributed by atoms with Gasteiger partial charge in [0.15, 0.2) is 0 Å². The molecule has 1 saturated heterocycles. The van der Waals surface area contributed by atoms with E-state index in [0.29, 0.717) is 19.0 Å². The van der Waals surface area contributed by atoms with E-state index in [1.165, 1.54) is 0 Å². The van der Waals surface area contributed by atoms with Crippen LogP contribution in [0.15, 0.2) is 12.2 Å². The summed E-state index contributed by atoms with van der Waals surface area (Å²) in [6, 6.07) is 0. The Hall–Kier alpha value is -1.03. The molecule has 0 unspecified atom stereocenters. The third kappa shape index (κ3) is 2.21. The number of likely N-dealkylation sites (tertiary alicyclic amines) is 1. The molecule has 1 amide bonds. The molecular weight excluding hydrogens is 206 g/mol. The van der Waals surface area contributed by atoms with E-state index in [2.05, 4.69) is 0 Å². The van der Waals surface area contributed by atoms with Crippen molar-refractivity contribution in [2.75, 3.05) is 13.1 Å². The van der Waals surface area contributed by atoms with Crippen molar-refractivity contribution in [3.63, 3.8) is 0 Å². The van der Waals surface area contributed by atoms with Gasteiger partial charge >= 0.3 is 6.09 Å². The second-order valence-electron chi connectivity index (χ2n) is 5.59. The van der Waals surface area contributed by atoms with Crippen LogP contribution in [0.4, 0.5) is 4.79 Å². The van der Waals surface area contributed by atoms with Gasteiger partial charge in [-0.25, -0.2) is 4.79 Å². The zero-order valence-electron chi connectivity index (χ0n) is 10.0. The highest BCUT2D eigenvalue weighted by Crippen LogP contribution is 2.33. The number of hydrogen-bond donors (Lipinski definition) is 1. The number of amides is 1. The quantitative estimate of drug-likeness (QED) is 0.634. The normalized spacial score (nSPS) is 33.0. The molecule has 3 atom stereocenters. The van der Waals surface area contributed by atoms with Gasteiger partial charge in [0, 0.05) is 24.9 Å². The first kappa shape index (κ1) is 11.5. The van der Waals surface area contributed by atoms with Crippen LogP contribution in [0.2, 0.25) is 0 Å². The highest BCUT2D eigenvalue weighted by atomic mass is 16.6. The lowest BCUT2D eigenvalue weighted by Gasteiger charge is -2.24. The highest BCUT2D eigenvalue weighted by molar-refractivity contribution is 5.68. The van der Waals surface area contributed by atoms with Gasteiger partial charge in [-0.3, -0.25) is 0 Å². The van der Waals surface area contributed by atoms with Crippen LogP contribution in [0, 0.1) is 11.8 Å². The average molecular weight is 225 g/mol. The number of aliphatic hydroxyl groups excluding tert-OH is 1. The summed E-state index contributed by atoms with van der Waals surface area (Å²) < 4.78 is 5.30. The summed E-state index contributed by atoms with van der Waals surface area (Å²) in [5, 5.41) is 9.67. The first-order chi connectivity index (χ1) is 7.37. The van der Waals surface area contributed by atoms with Gasteiger partial charge in [-0.15, -0.1) is 0 Å². The summed E-state index contributed by atoms with van der Waals surface area (Å²) >= 11 is 0. The van der Waals surface area contributed by atoms with E-state index >= 15 is 0 Å². The number of carbonyl (C=O) groups is 1. The Balaban J connectivity index is 1.94. The molecule has 4 heteroatoms. The van der Waals surface area contributed by atoms with Gasteiger partial charge < -0.3 is 14.7 Å². The molecule has 1 heterocycles. The zero-order valence-corrected chi connectivity index (χ0v) is 10.0. The van der Waals surface area contributed by atoms with Gasteiger partial charge in [-0.2, -0.15) is 0 Å². The van der Waals surface area contributed by atoms with Crippen molar-refractivity contribution in [3.8, 4) is 0 Å². The maximum Gasteiger partial charge on any atom is 0.410 e. The Morgan fingerprint density at radius 2 is 2.06 bits per heavy atom.